The molecule has 0 bridgehead atoms. The van der Waals surface area contributed by atoms with Crippen LogP contribution >= 0.6 is 0 Å². The van der Waals surface area contributed by atoms with Gasteiger partial charge in [0.1, 0.15) is 5.58 Å². The highest BCUT2D eigenvalue weighted by Crippen LogP contribution is 2.39. The van der Waals surface area contributed by atoms with E-state index in [1.54, 1.807) is 48.5 Å². The Bertz CT molecular complexity index is 1310. The molecule has 0 unspecified atom stereocenters. The standard InChI is InChI=1S/C25H20O7/c1-28-19-13-16(14-20(29-2)23(19)30-3)25(27)32-24-21(26)17-11-7-8-12-18(17)31-22(24)15-9-5-4-6-10-15/h4-14H,1-3H3. The van der Waals surface area contributed by atoms with E-state index in [-0.39, 0.29) is 28.6 Å². The second kappa shape index (κ2) is 8.85. The number of rotatable bonds is 6. The van der Waals surface area contributed by atoms with Gasteiger partial charge in [0.15, 0.2) is 17.3 Å². The Morgan fingerprint density at radius 3 is 2.03 bits per heavy atom. The van der Waals surface area contributed by atoms with Gasteiger partial charge in [0.05, 0.1) is 32.3 Å². The van der Waals surface area contributed by atoms with Gasteiger partial charge in [-0.05, 0) is 24.3 Å². The zero-order valence-electron chi connectivity index (χ0n) is 17.7. The summed E-state index contributed by atoms with van der Waals surface area (Å²) in [6.07, 6.45) is 0. The average molecular weight is 432 g/mol. The first-order chi connectivity index (χ1) is 15.6. The third-order valence-corrected chi connectivity index (χ3v) is 4.89. The lowest BCUT2D eigenvalue weighted by atomic mass is 10.1. The summed E-state index contributed by atoms with van der Waals surface area (Å²) in [5, 5.41) is 0.305. The molecule has 0 aliphatic carbocycles. The van der Waals surface area contributed by atoms with Gasteiger partial charge in [0.25, 0.3) is 0 Å². The number of carbonyl (C=O) groups excluding carboxylic acids is 1. The maximum absolute atomic E-state index is 13.2. The van der Waals surface area contributed by atoms with E-state index in [4.69, 9.17) is 23.4 Å². The minimum atomic E-state index is -0.774. The van der Waals surface area contributed by atoms with E-state index in [0.717, 1.165) is 0 Å². The van der Waals surface area contributed by atoms with Gasteiger partial charge in [-0.2, -0.15) is 0 Å². The number of ether oxygens (including phenoxy) is 4. The van der Waals surface area contributed by atoms with Gasteiger partial charge < -0.3 is 23.4 Å². The van der Waals surface area contributed by atoms with Crippen LogP contribution in [0.3, 0.4) is 0 Å². The highest BCUT2D eigenvalue weighted by Gasteiger charge is 2.23. The fraction of sp³-hybridized carbons (Fsp3) is 0.120. The normalized spacial score (nSPS) is 10.6. The van der Waals surface area contributed by atoms with Crippen LogP contribution in [0.5, 0.6) is 23.0 Å². The van der Waals surface area contributed by atoms with Crippen LogP contribution in [0, 0.1) is 0 Å². The zero-order valence-corrected chi connectivity index (χ0v) is 17.7. The van der Waals surface area contributed by atoms with Crippen LogP contribution in [-0.2, 0) is 0 Å². The first-order valence-corrected chi connectivity index (χ1v) is 9.70. The van der Waals surface area contributed by atoms with Crippen molar-refractivity contribution in [3.63, 3.8) is 0 Å². The lowest BCUT2D eigenvalue weighted by Crippen LogP contribution is -2.16. The molecular weight excluding hydrogens is 412 g/mol. The van der Waals surface area contributed by atoms with Crippen LogP contribution in [0.2, 0.25) is 0 Å². The Kier molecular flexibility index (Phi) is 5.81. The number of carbonyl (C=O) groups is 1. The average Bonchev–Trinajstić information content (AvgIpc) is 2.85. The summed E-state index contributed by atoms with van der Waals surface area (Å²) < 4.78 is 27.5. The van der Waals surface area contributed by atoms with Crippen molar-refractivity contribution in [3.05, 3.63) is 82.5 Å². The van der Waals surface area contributed by atoms with Gasteiger partial charge in [-0.1, -0.05) is 42.5 Å². The molecule has 162 valence electrons. The molecule has 0 spiro atoms. The summed E-state index contributed by atoms with van der Waals surface area (Å²) in [5.41, 5.74) is 0.657. The van der Waals surface area contributed by atoms with Gasteiger partial charge in [0.2, 0.25) is 16.9 Å². The number of hydrogen-bond donors (Lipinski definition) is 0. The third-order valence-electron chi connectivity index (χ3n) is 4.89. The summed E-state index contributed by atoms with van der Waals surface area (Å²) in [6.45, 7) is 0. The summed E-state index contributed by atoms with van der Waals surface area (Å²) >= 11 is 0. The molecule has 0 N–H and O–H groups in total. The van der Waals surface area contributed by atoms with Crippen molar-refractivity contribution < 1.29 is 28.2 Å². The van der Waals surface area contributed by atoms with E-state index in [1.165, 1.54) is 33.5 Å². The van der Waals surface area contributed by atoms with Crippen LogP contribution in [0.15, 0.2) is 75.9 Å². The molecule has 0 aliphatic rings. The quantitative estimate of drug-likeness (QED) is 0.408. The molecule has 7 nitrogen and oxygen atoms in total. The number of benzene rings is 3. The Morgan fingerprint density at radius 1 is 0.781 bits per heavy atom. The van der Waals surface area contributed by atoms with Crippen LogP contribution in [0.1, 0.15) is 10.4 Å². The number of esters is 1. The molecular formula is C25H20O7. The number of hydrogen-bond acceptors (Lipinski definition) is 7. The summed E-state index contributed by atoms with van der Waals surface area (Å²) in [6, 6.07) is 18.7. The van der Waals surface area contributed by atoms with E-state index in [9.17, 15) is 9.59 Å². The minimum Gasteiger partial charge on any atom is -0.493 e. The Balaban J connectivity index is 1.85. The van der Waals surface area contributed by atoms with Gasteiger partial charge in [0, 0.05) is 5.56 Å². The van der Waals surface area contributed by atoms with Crippen molar-refractivity contribution >= 4 is 16.9 Å². The van der Waals surface area contributed by atoms with Crippen molar-refractivity contribution in [2.24, 2.45) is 0 Å². The SMILES string of the molecule is COc1cc(C(=O)Oc2c(-c3ccccc3)oc3ccccc3c2=O)cc(OC)c1OC. The topological polar surface area (TPSA) is 84.2 Å². The van der Waals surface area contributed by atoms with Crippen molar-refractivity contribution in [2.75, 3.05) is 21.3 Å². The summed E-state index contributed by atoms with van der Waals surface area (Å²) in [7, 11) is 4.35. The van der Waals surface area contributed by atoms with Crippen molar-refractivity contribution in [2.45, 2.75) is 0 Å². The van der Waals surface area contributed by atoms with Crippen LogP contribution in [0.4, 0.5) is 0 Å². The molecule has 0 saturated heterocycles. The van der Waals surface area contributed by atoms with E-state index in [1.807, 2.05) is 6.07 Å². The largest absolute Gasteiger partial charge is 0.493 e. The fourth-order valence-corrected chi connectivity index (χ4v) is 3.35. The summed E-state index contributed by atoms with van der Waals surface area (Å²) in [4.78, 5) is 26.3. The highest BCUT2D eigenvalue weighted by molar-refractivity contribution is 5.94. The van der Waals surface area contributed by atoms with Gasteiger partial charge in [-0.3, -0.25) is 4.79 Å². The molecule has 7 heteroatoms. The molecule has 0 amide bonds. The molecule has 0 radical (unpaired) electrons. The lowest BCUT2D eigenvalue weighted by molar-refractivity contribution is 0.0730. The molecule has 1 heterocycles. The molecule has 4 aromatic rings. The van der Waals surface area contributed by atoms with Gasteiger partial charge in [-0.25, -0.2) is 4.79 Å². The van der Waals surface area contributed by atoms with E-state index < -0.39 is 11.4 Å². The Labute approximate surface area is 183 Å². The van der Waals surface area contributed by atoms with Crippen LogP contribution < -0.4 is 24.4 Å². The van der Waals surface area contributed by atoms with E-state index in [2.05, 4.69) is 0 Å². The smallest absolute Gasteiger partial charge is 0.344 e. The molecule has 0 saturated carbocycles. The highest BCUT2D eigenvalue weighted by atomic mass is 16.5. The van der Waals surface area contributed by atoms with Crippen LogP contribution in [-0.4, -0.2) is 27.3 Å². The molecule has 32 heavy (non-hydrogen) atoms. The van der Waals surface area contributed by atoms with E-state index >= 15 is 0 Å². The Morgan fingerprint density at radius 2 is 1.41 bits per heavy atom. The maximum atomic E-state index is 13.2. The first-order valence-electron chi connectivity index (χ1n) is 9.70. The number of fused-ring (bicyclic) bond motifs is 1. The predicted molar refractivity (Wildman–Crippen MR) is 119 cm³/mol. The number of para-hydroxylation sites is 1. The predicted octanol–water partition coefficient (Wildman–Crippen LogP) is 4.71. The monoisotopic (exact) mass is 432 g/mol. The molecule has 4 rings (SSSR count). The zero-order chi connectivity index (χ0) is 22.7. The van der Waals surface area contributed by atoms with Gasteiger partial charge >= 0.3 is 5.97 Å². The molecule has 0 atom stereocenters. The fourth-order valence-electron chi connectivity index (χ4n) is 3.35. The Hall–Kier alpha value is -4.26. The second-order valence-corrected chi connectivity index (χ2v) is 6.76. The van der Waals surface area contributed by atoms with Gasteiger partial charge in [-0.15, -0.1) is 0 Å². The third kappa shape index (κ3) is 3.76. The van der Waals surface area contributed by atoms with Crippen molar-refractivity contribution in [1.29, 1.82) is 0 Å². The van der Waals surface area contributed by atoms with Crippen molar-refractivity contribution in [1.82, 2.24) is 0 Å². The molecule has 0 aliphatic heterocycles. The lowest BCUT2D eigenvalue weighted by Gasteiger charge is -2.14. The van der Waals surface area contributed by atoms with E-state index in [0.29, 0.717) is 22.3 Å². The molecule has 3 aromatic carbocycles. The van der Waals surface area contributed by atoms with Crippen molar-refractivity contribution in [3.8, 4) is 34.3 Å². The first kappa shape index (κ1) is 21.0. The maximum Gasteiger partial charge on any atom is 0.344 e. The van der Waals surface area contributed by atoms with Crippen LogP contribution in [0.25, 0.3) is 22.3 Å². The molecule has 1 aromatic heterocycles. The molecule has 0 fully saturated rings. The minimum absolute atomic E-state index is 0.117. The second-order valence-electron chi connectivity index (χ2n) is 6.76. The summed E-state index contributed by atoms with van der Waals surface area (Å²) in [5.74, 6) is 0.0924. The number of methoxy groups -OCH3 is 3.